The number of carboxylic acid groups (broad SMARTS) is 1. The number of carbonyl (C=O) groups is 2. The number of nitrogens with one attached hydrogen (secondary N) is 1. The first-order chi connectivity index (χ1) is 8.98. The molecule has 2 amide bonds. The summed E-state index contributed by atoms with van der Waals surface area (Å²) in [7, 11) is 0. The molecule has 5 heteroatoms. The monoisotopic (exact) mass is 268 g/mol. The van der Waals surface area contributed by atoms with Crippen LogP contribution in [0.25, 0.3) is 0 Å². The van der Waals surface area contributed by atoms with E-state index < -0.39 is 11.5 Å². The van der Waals surface area contributed by atoms with Crippen molar-refractivity contribution in [1.29, 1.82) is 0 Å². The number of urea groups is 1. The number of amides is 2. The topological polar surface area (TPSA) is 69.6 Å². The molecule has 3 unspecified atom stereocenters. The molecule has 0 aromatic rings. The highest BCUT2D eigenvalue weighted by molar-refractivity contribution is 5.86. The Morgan fingerprint density at radius 1 is 1.32 bits per heavy atom. The Bertz CT molecular complexity index is 372. The van der Waals surface area contributed by atoms with Crippen molar-refractivity contribution in [2.75, 3.05) is 6.54 Å². The van der Waals surface area contributed by atoms with Gasteiger partial charge in [0.1, 0.15) is 5.54 Å². The fourth-order valence-electron chi connectivity index (χ4n) is 3.31. The number of fused-ring (bicyclic) bond motifs is 1. The Kier molecular flexibility index (Phi) is 4.02. The molecule has 1 heterocycles. The molecule has 1 aliphatic carbocycles. The van der Waals surface area contributed by atoms with Crippen LogP contribution >= 0.6 is 0 Å². The number of hydrogen-bond donors (Lipinski definition) is 2. The van der Waals surface area contributed by atoms with Crippen LogP contribution in [0.15, 0.2) is 0 Å². The van der Waals surface area contributed by atoms with Crippen LogP contribution in [0.3, 0.4) is 0 Å². The molecule has 3 atom stereocenters. The van der Waals surface area contributed by atoms with Crippen molar-refractivity contribution in [2.24, 2.45) is 5.92 Å². The molecule has 1 aliphatic heterocycles. The van der Waals surface area contributed by atoms with Gasteiger partial charge in [-0.15, -0.1) is 0 Å². The first-order valence-electron chi connectivity index (χ1n) is 7.30. The maximum absolute atomic E-state index is 12.4. The van der Waals surface area contributed by atoms with Crippen molar-refractivity contribution in [2.45, 2.75) is 64.0 Å². The van der Waals surface area contributed by atoms with Gasteiger partial charge in [-0.25, -0.2) is 9.59 Å². The lowest BCUT2D eigenvalue weighted by Crippen LogP contribution is -2.59. The van der Waals surface area contributed by atoms with E-state index in [4.69, 9.17) is 0 Å². The smallest absolute Gasteiger partial charge is 0.329 e. The molecule has 19 heavy (non-hydrogen) atoms. The molecule has 0 radical (unpaired) electrons. The molecule has 108 valence electrons. The van der Waals surface area contributed by atoms with Gasteiger partial charge in [0.2, 0.25) is 0 Å². The summed E-state index contributed by atoms with van der Waals surface area (Å²) in [5, 5.41) is 11.9. The standard InChI is InChI=1S/C14H24N2O3/c1-3-14(2,12(17)18)15-13(19)16-9-5-7-10-6-4-8-11(10)16/h10-11H,3-9H2,1-2H3,(H,15,19)(H,17,18). The fourth-order valence-corrected chi connectivity index (χ4v) is 3.31. The minimum atomic E-state index is -1.16. The molecule has 0 bridgehead atoms. The second-order valence-corrected chi connectivity index (χ2v) is 6.01. The van der Waals surface area contributed by atoms with E-state index in [9.17, 15) is 14.7 Å². The molecule has 1 saturated carbocycles. The number of likely N-dealkylation sites (tertiary alicyclic amines) is 1. The van der Waals surface area contributed by atoms with Gasteiger partial charge in [0.15, 0.2) is 0 Å². The van der Waals surface area contributed by atoms with Crippen molar-refractivity contribution in [1.82, 2.24) is 10.2 Å². The zero-order valence-corrected chi connectivity index (χ0v) is 11.8. The summed E-state index contributed by atoms with van der Waals surface area (Å²) < 4.78 is 0. The van der Waals surface area contributed by atoms with Crippen LogP contribution in [0.1, 0.15) is 52.4 Å². The average molecular weight is 268 g/mol. The van der Waals surface area contributed by atoms with Gasteiger partial charge in [0, 0.05) is 12.6 Å². The number of carboxylic acids is 1. The van der Waals surface area contributed by atoms with E-state index in [-0.39, 0.29) is 6.03 Å². The molecule has 0 spiro atoms. The third kappa shape index (κ3) is 2.69. The van der Waals surface area contributed by atoms with Crippen LogP contribution in [0.4, 0.5) is 4.79 Å². The number of hydrogen-bond acceptors (Lipinski definition) is 2. The molecule has 2 N–H and O–H groups in total. The summed E-state index contributed by atoms with van der Waals surface area (Å²) in [5.74, 6) is -0.347. The van der Waals surface area contributed by atoms with Crippen molar-refractivity contribution < 1.29 is 14.7 Å². The Morgan fingerprint density at radius 2 is 2.00 bits per heavy atom. The van der Waals surface area contributed by atoms with Crippen LogP contribution in [-0.2, 0) is 4.79 Å². The van der Waals surface area contributed by atoms with Crippen LogP contribution in [0.2, 0.25) is 0 Å². The predicted molar refractivity (Wildman–Crippen MR) is 71.9 cm³/mol. The zero-order chi connectivity index (χ0) is 14.0. The van der Waals surface area contributed by atoms with Crippen LogP contribution in [0, 0.1) is 5.92 Å². The Labute approximate surface area is 114 Å². The van der Waals surface area contributed by atoms with Gasteiger partial charge >= 0.3 is 12.0 Å². The average Bonchev–Trinajstić information content (AvgIpc) is 2.86. The van der Waals surface area contributed by atoms with Gasteiger partial charge in [0.05, 0.1) is 0 Å². The Hall–Kier alpha value is -1.26. The van der Waals surface area contributed by atoms with Crippen molar-refractivity contribution in [3.05, 3.63) is 0 Å². The summed E-state index contributed by atoms with van der Waals surface area (Å²) in [4.78, 5) is 25.5. The quantitative estimate of drug-likeness (QED) is 0.824. The summed E-state index contributed by atoms with van der Waals surface area (Å²) in [6.07, 6.45) is 6.08. The van der Waals surface area contributed by atoms with Gasteiger partial charge in [-0.1, -0.05) is 13.3 Å². The summed E-state index contributed by atoms with van der Waals surface area (Å²) >= 11 is 0. The third-order valence-electron chi connectivity index (χ3n) is 4.82. The molecule has 2 rings (SSSR count). The summed E-state index contributed by atoms with van der Waals surface area (Å²) in [6.45, 7) is 4.11. The van der Waals surface area contributed by atoms with Crippen LogP contribution < -0.4 is 5.32 Å². The largest absolute Gasteiger partial charge is 0.480 e. The predicted octanol–water partition coefficient (Wildman–Crippen LogP) is 2.21. The van der Waals surface area contributed by atoms with Gasteiger partial charge in [-0.05, 0) is 44.9 Å². The Morgan fingerprint density at radius 3 is 2.63 bits per heavy atom. The molecule has 5 nitrogen and oxygen atoms in total. The van der Waals surface area contributed by atoms with E-state index in [1.54, 1.807) is 13.8 Å². The van der Waals surface area contributed by atoms with Gasteiger partial charge in [-0.3, -0.25) is 0 Å². The van der Waals surface area contributed by atoms with E-state index in [0.717, 1.165) is 19.4 Å². The lowest BCUT2D eigenvalue weighted by Gasteiger charge is -2.39. The second-order valence-electron chi connectivity index (χ2n) is 6.01. The molecule has 0 aromatic carbocycles. The SMILES string of the molecule is CCC(C)(NC(=O)N1CCCC2CCCC21)C(=O)O. The molecule has 1 saturated heterocycles. The second kappa shape index (κ2) is 5.39. The van der Waals surface area contributed by atoms with E-state index in [0.29, 0.717) is 18.4 Å². The number of carbonyl (C=O) groups excluding carboxylic acids is 1. The van der Waals surface area contributed by atoms with E-state index >= 15 is 0 Å². The number of aliphatic carboxylic acids is 1. The maximum Gasteiger partial charge on any atom is 0.329 e. The third-order valence-corrected chi connectivity index (χ3v) is 4.82. The van der Waals surface area contributed by atoms with Crippen molar-refractivity contribution >= 4 is 12.0 Å². The highest BCUT2D eigenvalue weighted by atomic mass is 16.4. The summed E-state index contributed by atoms with van der Waals surface area (Å²) in [5.41, 5.74) is -1.16. The maximum atomic E-state index is 12.4. The summed E-state index contributed by atoms with van der Waals surface area (Å²) in [6, 6.07) is 0.118. The molecule has 0 aromatic heterocycles. The van der Waals surface area contributed by atoms with Crippen LogP contribution in [-0.4, -0.2) is 40.1 Å². The lowest BCUT2D eigenvalue weighted by atomic mass is 9.92. The highest BCUT2D eigenvalue weighted by Gasteiger charge is 2.40. The van der Waals surface area contributed by atoms with E-state index in [1.165, 1.54) is 19.3 Å². The zero-order valence-electron chi connectivity index (χ0n) is 11.8. The molecular weight excluding hydrogens is 244 g/mol. The minimum absolute atomic E-state index is 0.205. The minimum Gasteiger partial charge on any atom is -0.480 e. The van der Waals surface area contributed by atoms with Crippen molar-refractivity contribution in [3.8, 4) is 0 Å². The lowest BCUT2D eigenvalue weighted by molar-refractivity contribution is -0.143. The number of nitrogens with zero attached hydrogens (tertiary/aromatic N) is 1. The molecule has 2 fully saturated rings. The molecular formula is C14H24N2O3. The fraction of sp³-hybridized carbons (Fsp3) is 0.857. The van der Waals surface area contributed by atoms with Crippen LogP contribution in [0.5, 0.6) is 0 Å². The van der Waals surface area contributed by atoms with E-state index in [2.05, 4.69) is 5.32 Å². The van der Waals surface area contributed by atoms with E-state index in [1.807, 2.05) is 4.90 Å². The van der Waals surface area contributed by atoms with Gasteiger partial charge < -0.3 is 15.3 Å². The van der Waals surface area contributed by atoms with Crippen molar-refractivity contribution in [3.63, 3.8) is 0 Å². The Balaban J connectivity index is 2.04. The first kappa shape index (κ1) is 14.2. The number of piperidine rings is 1. The van der Waals surface area contributed by atoms with Gasteiger partial charge in [-0.2, -0.15) is 0 Å². The molecule has 2 aliphatic rings. The number of rotatable bonds is 3. The normalized spacial score (nSPS) is 29.5. The van der Waals surface area contributed by atoms with Gasteiger partial charge in [0.25, 0.3) is 0 Å². The first-order valence-corrected chi connectivity index (χ1v) is 7.30. The highest BCUT2D eigenvalue weighted by Crippen LogP contribution is 2.36.